The summed E-state index contributed by atoms with van der Waals surface area (Å²) in [6, 6.07) is 12.2. The first-order valence-corrected chi connectivity index (χ1v) is 14.7. The highest BCUT2D eigenvalue weighted by molar-refractivity contribution is 6.31. The Bertz CT molecular complexity index is 1500. The van der Waals surface area contributed by atoms with E-state index in [2.05, 4.69) is 0 Å². The number of methoxy groups -OCH3 is 1. The topological polar surface area (TPSA) is 80.3 Å². The van der Waals surface area contributed by atoms with Crippen LogP contribution in [0.5, 0.6) is 28.7 Å². The highest BCUT2D eigenvalue weighted by Crippen LogP contribution is 2.52. The number of rotatable bonds is 13. The maximum absolute atomic E-state index is 13.3. The highest BCUT2D eigenvalue weighted by atomic mass is 35.5. The van der Waals surface area contributed by atoms with Gasteiger partial charge in [-0.1, -0.05) is 68.0 Å². The average Bonchev–Trinajstić information content (AvgIpc) is 2.97. The van der Waals surface area contributed by atoms with Crippen LogP contribution in [0.2, 0.25) is 5.02 Å². The van der Waals surface area contributed by atoms with Crippen molar-refractivity contribution in [2.24, 2.45) is 0 Å². The van der Waals surface area contributed by atoms with Crippen LogP contribution >= 0.6 is 23.2 Å². The summed E-state index contributed by atoms with van der Waals surface area (Å²) in [4.78, 5) is 25.7. The molecule has 7 nitrogen and oxygen atoms in total. The van der Waals surface area contributed by atoms with Crippen LogP contribution in [0.25, 0.3) is 10.8 Å². The molecule has 0 radical (unpaired) electrons. The van der Waals surface area contributed by atoms with E-state index in [-0.39, 0.29) is 35.8 Å². The Balaban J connectivity index is 1.81. The second kappa shape index (κ2) is 14.5. The lowest BCUT2D eigenvalue weighted by molar-refractivity contribution is -0.135. The Morgan fingerprint density at radius 1 is 0.857 bits per heavy atom. The Kier molecular flexibility index (Phi) is 10.8. The first-order valence-electron chi connectivity index (χ1n) is 13.9. The molecule has 0 aromatic heterocycles. The number of carbonyl (C=O) groups is 2. The fraction of sp³-hybridized carbons (Fsp3) is 0.333. The van der Waals surface area contributed by atoms with E-state index in [1.807, 2.05) is 38.1 Å². The predicted octanol–water partition coefficient (Wildman–Crippen LogP) is 8.02. The molecule has 0 bridgehead atoms. The van der Waals surface area contributed by atoms with E-state index in [1.165, 1.54) is 0 Å². The SMILES string of the molecule is CCCOc1c(OCCC)c(OC(=O)CC2(Cl)C=CC=CC2)c2cc(Cl)ccc2c1OC(=O)Cc1ccccc1OC. The van der Waals surface area contributed by atoms with E-state index in [9.17, 15) is 9.59 Å². The fourth-order valence-electron chi connectivity index (χ4n) is 4.54. The standard InChI is InChI=1S/C33H34Cl2O7/c1-4-17-39-31-29(41-27(36)19-22-11-7-8-12-26(22)38-3)24-14-13-23(34)20-25(24)30(32(31)40-18-5-2)42-28(37)21-33(35)15-9-6-10-16-33/h6-15,20H,4-5,16-19,21H2,1-3H3. The van der Waals surface area contributed by atoms with Crippen molar-refractivity contribution in [3.05, 3.63) is 77.4 Å². The van der Waals surface area contributed by atoms with E-state index in [1.54, 1.807) is 49.6 Å². The molecule has 0 heterocycles. The molecule has 0 saturated heterocycles. The summed E-state index contributed by atoms with van der Waals surface area (Å²) in [6.07, 6.45) is 9.05. The van der Waals surface area contributed by atoms with Crippen LogP contribution in [0.4, 0.5) is 0 Å². The maximum atomic E-state index is 13.3. The number of hydrogen-bond acceptors (Lipinski definition) is 7. The number of allylic oxidation sites excluding steroid dienone is 4. The first kappa shape index (κ1) is 31.3. The van der Waals surface area contributed by atoms with Gasteiger partial charge in [0.2, 0.25) is 11.5 Å². The normalized spacial score (nSPS) is 15.8. The molecule has 1 aliphatic rings. The Labute approximate surface area is 255 Å². The number of benzene rings is 3. The van der Waals surface area contributed by atoms with Crippen LogP contribution in [-0.4, -0.2) is 37.1 Å². The number of fused-ring (bicyclic) bond motifs is 1. The minimum Gasteiger partial charge on any atom is -0.496 e. The van der Waals surface area contributed by atoms with Crippen molar-refractivity contribution in [3.8, 4) is 28.7 Å². The van der Waals surface area contributed by atoms with E-state index < -0.39 is 16.8 Å². The smallest absolute Gasteiger partial charge is 0.315 e. The third kappa shape index (κ3) is 7.58. The molecule has 0 saturated carbocycles. The molecule has 1 unspecified atom stereocenters. The number of alkyl halides is 1. The lowest BCUT2D eigenvalue weighted by atomic mass is 9.96. The van der Waals surface area contributed by atoms with Gasteiger partial charge in [0.15, 0.2) is 11.5 Å². The molecule has 0 N–H and O–H groups in total. The Morgan fingerprint density at radius 2 is 1.52 bits per heavy atom. The van der Waals surface area contributed by atoms with Gasteiger partial charge in [-0.25, -0.2) is 0 Å². The second-order valence-electron chi connectivity index (χ2n) is 9.84. The summed E-state index contributed by atoms with van der Waals surface area (Å²) in [6.45, 7) is 4.49. The largest absolute Gasteiger partial charge is 0.496 e. The summed E-state index contributed by atoms with van der Waals surface area (Å²) < 4.78 is 29.7. The quantitative estimate of drug-likeness (QED) is 0.110. The van der Waals surface area contributed by atoms with Gasteiger partial charge in [-0.15, -0.1) is 11.6 Å². The number of halogens is 2. The zero-order valence-electron chi connectivity index (χ0n) is 23.9. The molecule has 0 fully saturated rings. The molecule has 9 heteroatoms. The van der Waals surface area contributed by atoms with Gasteiger partial charge in [-0.05, 0) is 43.5 Å². The summed E-state index contributed by atoms with van der Waals surface area (Å²) >= 11 is 13.1. The van der Waals surface area contributed by atoms with Crippen molar-refractivity contribution in [2.75, 3.05) is 20.3 Å². The van der Waals surface area contributed by atoms with Gasteiger partial charge in [0, 0.05) is 21.4 Å². The molecule has 0 spiro atoms. The summed E-state index contributed by atoms with van der Waals surface area (Å²) in [5.41, 5.74) is 0.669. The highest BCUT2D eigenvalue weighted by Gasteiger charge is 2.32. The van der Waals surface area contributed by atoms with Crippen LogP contribution in [0, 0.1) is 0 Å². The lowest BCUT2D eigenvalue weighted by Crippen LogP contribution is -2.26. The fourth-order valence-corrected chi connectivity index (χ4v) is 4.98. The van der Waals surface area contributed by atoms with Crippen LogP contribution < -0.4 is 23.7 Å². The molecule has 0 amide bonds. The molecule has 0 aliphatic heterocycles. The van der Waals surface area contributed by atoms with Gasteiger partial charge in [-0.3, -0.25) is 9.59 Å². The summed E-state index contributed by atoms with van der Waals surface area (Å²) in [5, 5.41) is 1.28. The van der Waals surface area contributed by atoms with Gasteiger partial charge in [0.1, 0.15) is 5.75 Å². The molecule has 222 valence electrons. The van der Waals surface area contributed by atoms with Crippen LogP contribution in [0.15, 0.2) is 66.8 Å². The minimum absolute atomic E-state index is 0.0476. The van der Waals surface area contributed by atoms with Crippen LogP contribution in [-0.2, 0) is 16.0 Å². The Hall–Kier alpha value is -3.68. The van der Waals surface area contributed by atoms with E-state index in [0.29, 0.717) is 59.6 Å². The molecule has 4 rings (SSSR count). The van der Waals surface area contributed by atoms with Crippen molar-refractivity contribution in [1.29, 1.82) is 0 Å². The number of esters is 2. The van der Waals surface area contributed by atoms with Crippen molar-refractivity contribution in [3.63, 3.8) is 0 Å². The number of ether oxygens (including phenoxy) is 5. The van der Waals surface area contributed by atoms with Gasteiger partial charge < -0.3 is 23.7 Å². The van der Waals surface area contributed by atoms with Crippen LogP contribution in [0.3, 0.4) is 0 Å². The lowest BCUT2D eigenvalue weighted by Gasteiger charge is -2.24. The Morgan fingerprint density at radius 3 is 2.17 bits per heavy atom. The van der Waals surface area contributed by atoms with E-state index in [0.717, 1.165) is 0 Å². The molecular weight excluding hydrogens is 579 g/mol. The number of carbonyl (C=O) groups excluding carboxylic acids is 2. The van der Waals surface area contributed by atoms with Crippen molar-refractivity contribution in [2.45, 2.75) is 50.8 Å². The van der Waals surface area contributed by atoms with Crippen molar-refractivity contribution < 1.29 is 33.3 Å². The molecule has 3 aromatic carbocycles. The molecule has 42 heavy (non-hydrogen) atoms. The third-order valence-electron chi connectivity index (χ3n) is 6.49. The summed E-state index contributed by atoms with van der Waals surface area (Å²) in [7, 11) is 1.54. The van der Waals surface area contributed by atoms with Gasteiger partial charge in [-0.2, -0.15) is 0 Å². The zero-order chi connectivity index (χ0) is 30.1. The van der Waals surface area contributed by atoms with E-state index >= 15 is 0 Å². The number of para-hydroxylation sites is 1. The van der Waals surface area contributed by atoms with Crippen molar-refractivity contribution >= 4 is 45.9 Å². The minimum atomic E-state index is -0.904. The zero-order valence-corrected chi connectivity index (χ0v) is 25.4. The monoisotopic (exact) mass is 612 g/mol. The summed E-state index contributed by atoms with van der Waals surface area (Å²) in [5.74, 6) is 0.0587. The third-order valence-corrected chi connectivity index (χ3v) is 7.14. The average molecular weight is 614 g/mol. The molecule has 1 atom stereocenters. The van der Waals surface area contributed by atoms with Gasteiger partial charge in [0.05, 0.1) is 38.0 Å². The van der Waals surface area contributed by atoms with E-state index in [4.69, 9.17) is 46.9 Å². The number of hydrogen-bond donors (Lipinski definition) is 0. The van der Waals surface area contributed by atoms with Gasteiger partial charge >= 0.3 is 11.9 Å². The second-order valence-corrected chi connectivity index (χ2v) is 11.0. The molecular formula is C33H34Cl2O7. The van der Waals surface area contributed by atoms with Crippen molar-refractivity contribution in [1.82, 2.24) is 0 Å². The maximum Gasteiger partial charge on any atom is 0.315 e. The predicted molar refractivity (Wildman–Crippen MR) is 165 cm³/mol. The van der Waals surface area contributed by atoms with Crippen LogP contribution in [0.1, 0.15) is 45.1 Å². The first-order chi connectivity index (χ1) is 20.3. The van der Waals surface area contributed by atoms with Gasteiger partial charge in [0.25, 0.3) is 0 Å². The molecule has 3 aromatic rings. The molecule has 1 aliphatic carbocycles.